The fraction of sp³-hybridized carbons (Fsp3) is 0.267. The van der Waals surface area contributed by atoms with Gasteiger partial charge in [-0.15, -0.1) is 0 Å². The Kier molecular flexibility index (Phi) is 4.86. The van der Waals surface area contributed by atoms with Crippen LogP contribution in [0.15, 0.2) is 47.7 Å². The number of nitrogens with one attached hydrogen (secondary N) is 1. The van der Waals surface area contributed by atoms with Crippen molar-refractivity contribution in [2.24, 2.45) is 0 Å². The molecular formula is C15H18NO5P. The Morgan fingerprint density at radius 3 is 2.45 bits per heavy atom. The molecule has 0 saturated carbocycles. The molecule has 6 nitrogen and oxygen atoms in total. The Morgan fingerprint density at radius 1 is 1.23 bits per heavy atom. The third-order valence-corrected chi connectivity index (χ3v) is 4.04. The summed E-state index contributed by atoms with van der Waals surface area (Å²) in [4.78, 5) is 29.6. The van der Waals surface area contributed by atoms with Gasteiger partial charge in [-0.3, -0.25) is 9.88 Å². The lowest BCUT2D eigenvalue weighted by Crippen LogP contribution is -2.18. The van der Waals surface area contributed by atoms with E-state index in [1.807, 2.05) is 6.92 Å². The average molecular weight is 323 g/mol. The fourth-order valence-electron chi connectivity index (χ4n) is 2.37. The van der Waals surface area contributed by atoms with Crippen molar-refractivity contribution >= 4 is 13.5 Å². The normalized spacial score (nSPS) is 16.8. The molecule has 1 aliphatic carbocycles. The highest BCUT2D eigenvalue weighted by atomic mass is 31.2. The molecule has 118 valence electrons. The van der Waals surface area contributed by atoms with E-state index in [1.54, 1.807) is 30.3 Å². The second-order valence-corrected chi connectivity index (χ2v) is 6.64. The molecule has 2 rings (SSSR count). The molecule has 22 heavy (non-hydrogen) atoms. The van der Waals surface area contributed by atoms with Crippen LogP contribution in [0, 0.1) is 0 Å². The van der Waals surface area contributed by atoms with Gasteiger partial charge >= 0.3 is 7.75 Å². The first-order valence-corrected chi connectivity index (χ1v) is 8.41. The zero-order valence-corrected chi connectivity index (χ0v) is 13.0. The molecule has 0 spiro atoms. The van der Waals surface area contributed by atoms with E-state index >= 15 is 0 Å². The van der Waals surface area contributed by atoms with E-state index in [-0.39, 0.29) is 29.6 Å². The molecule has 0 saturated heterocycles. The van der Waals surface area contributed by atoms with Crippen molar-refractivity contribution in [1.82, 2.24) is 5.09 Å². The van der Waals surface area contributed by atoms with Gasteiger partial charge in [0.15, 0.2) is 5.78 Å². The number of aromatic hydroxyl groups is 1. The second kappa shape index (κ2) is 6.48. The first-order valence-electron chi connectivity index (χ1n) is 6.80. The van der Waals surface area contributed by atoms with E-state index in [9.17, 15) is 14.5 Å². The van der Waals surface area contributed by atoms with Gasteiger partial charge in [-0.1, -0.05) is 25.1 Å². The largest absolute Gasteiger partial charge is 0.508 e. The van der Waals surface area contributed by atoms with Gasteiger partial charge in [0, 0.05) is 5.70 Å². The van der Waals surface area contributed by atoms with E-state index in [0.29, 0.717) is 12.0 Å². The maximum absolute atomic E-state index is 11.5. The van der Waals surface area contributed by atoms with Crippen molar-refractivity contribution in [2.75, 3.05) is 0 Å². The number of carbonyl (C=O) groups is 1. The van der Waals surface area contributed by atoms with E-state index < -0.39 is 7.75 Å². The Balaban J connectivity index is 2.21. The summed E-state index contributed by atoms with van der Waals surface area (Å²) in [5.74, 6) is 0.0567. The minimum absolute atomic E-state index is 0.0424. The molecule has 1 aliphatic rings. The number of ketones is 1. The standard InChI is InChI=1S/C15H18NO5P/c1-10(11-2-5-13(17)6-3-11)8-12-4-7-14(18)9-15(12)16-22(19,20)21/h2-7,10,17H,8-9H2,1H3,(H3,16,19,20,21). The molecular weight excluding hydrogens is 305 g/mol. The summed E-state index contributed by atoms with van der Waals surface area (Å²) in [6.45, 7) is 1.97. The maximum Gasteiger partial charge on any atom is 0.427 e. The van der Waals surface area contributed by atoms with Crippen molar-refractivity contribution in [3.8, 4) is 5.75 Å². The smallest absolute Gasteiger partial charge is 0.427 e. The highest BCUT2D eigenvalue weighted by Crippen LogP contribution is 2.35. The van der Waals surface area contributed by atoms with Crippen LogP contribution in [0.5, 0.6) is 5.75 Å². The SMILES string of the molecule is CC(CC1=C(NP(=O)(O)O)CC(=O)C=C1)c1ccc(O)cc1. The molecule has 0 heterocycles. The number of rotatable bonds is 5. The summed E-state index contributed by atoms with van der Waals surface area (Å²) >= 11 is 0. The van der Waals surface area contributed by atoms with Crippen molar-refractivity contribution < 1.29 is 24.3 Å². The van der Waals surface area contributed by atoms with E-state index in [1.165, 1.54) is 6.08 Å². The predicted molar refractivity (Wildman–Crippen MR) is 82.1 cm³/mol. The van der Waals surface area contributed by atoms with Crippen LogP contribution in [-0.4, -0.2) is 20.7 Å². The molecule has 7 heteroatoms. The maximum atomic E-state index is 11.5. The van der Waals surface area contributed by atoms with Gasteiger partial charge in [0.2, 0.25) is 0 Å². The topological polar surface area (TPSA) is 107 Å². The van der Waals surface area contributed by atoms with Crippen molar-refractivity contribution in [3.63, 3.8) is 0 Å². The van der Waals surface area contributed by atoms with E-state index in [4.69, 9.17) is 9.79 Å². The Morgan fingerprint density at radius 2 is 1.86 bits per heavy atom. The predicted octanol–water partition coefficient (Wildman–Crippen LogP) is 2.35. The number of hydrogen-bond donors (Lipinski definition) is 4. The number of carbonyl (C=O) groups excluding carboxylic acids is 1. The lowest BCUT2D eigenvalue weighted by Gasteiger charge is -2.20. The highest BCUT2D eigenvalue weighted by Gasteiger charge is 2.22. The van der Waals surface area contributed by atoms with Crippen LogP contribution in [0.1, 0.15) is 31.2 Å². The molecule has 4 N–H and O–H groups in total. The third-order valence-electron chi connectivity index (χ3n) is 3.48. The first-order chi connectivity index (χ1) is 10.2. The van der Waals surface area contributed by atoms with Crippen LogP contribution < -0.4 is 5.09 Å². The Hall–Kier alpha value is -1.88. The monoisotopic (exact) mass is 323 g/mol. The quantitative estimate of drug-likeness (QED) is 0.620. The minimum atomic E-state index is -4.45. The van der Waals surface area contributed by atoms with Gasteiger partial charge in [0.1, 0.15) is 5.75 Å². The van der Waals surface area contributed by atoms with Crippen molar-refractivity contribution in [2.45, 2.75) is 25.7 Å². The van der Waals surface area contributed by atoms with Gasteiger partial charge in [-0.05, 0) is 41.7 Å². The summed E-state index contributed by atoms with van der Waals surface area (Å²) in [7, 11) is -4.45. The van der Waals surface area contributed by atoms with Crippen LogP contribution in [0.2, 0.25) is 0 Å². The fourth-order valence-corrected chi connectivity index (χ4v) is 2.94. The van der Waals surface area contributed by atoms with E-state index in [0.717, 1.165) is 5.56 Å². The second-order valence-electron chi connectivity index (χ2n) is 5.33. The molecule has 0 amide bonds. The van der Waals surface area contributed by atoms with Gasteiger partial charge < -0.3 is 14.9 Å². The van der Waals surface area contributed by atoms with Crippen molar-refractivity contribution in [3.05, 3.63) is 53.3 Å². The first kappa shape index (κ1) is 16.5. The summed E-state index contributed by atoms with van der Waals surface area (Å²) in [5.41, 5.74) is 1.96. The van der Waals surface area contributed by atoms with Crippen molar-refractivity contribution in [1.29, 1.82) is 0 Å². The van der Waals surface area contributed by atoms with Gasteiger partial charge in [-0.2, -0.15) is 0 Å². The Labute approximate surface area is 128 Å². The number of benzene rings is 1. The molecule has 0 bridgehead atoms. The van der Waals surface area contributed by atoms with Crippen LogP contribution in [0.25, 0.3) is 0 Å². The van der Waals surface area contributed by atoms with Crippen LogP contribution >= 0.6 is 7.75 Å². The van der Waals surface area contributed by atoms with Gasteiger partial charge in [-0.25, -0.2) is 4.57 Å². The molecule has 0 aliphatic heterocycles. The number of phenolic OH excluding ortho intramolecular Hbond substituents is 1. The highest BCUT2D eigenvalue weighted by molar-refractivity contribution is 7.49. The molecule has 0 radical (unpaired) electrons. The lowest BCUT2D eigenvalue weighted by molar-refractivity contribution is -0.114. The number of phenols is 1. The summed E-state index contributed by atoms with van der Waals surface area (Å²) in [6, 6.07) is 6.78. The number of hydrogen-bond acceptors (Lipinski definition) is 3. The van der Waals surface area contributed by atoms with Gasteiger partial charge in [0.25, 0.3) is 0 Å². The molecule has 1 unspecified atom stereocenters. The zero-order chi connectivity index (χ0) is 16.3. The summed E-state index contributed by atoms with van der Waals surface area (Å²) in [5, 5.41) is 11.4. The average Bonchev–Trinajstić information content (AvgIpc) is 2.41. The summed E-state index contributed by atoms with van der Waals surface area (Å²) < 4.78 is 11.1. The minimum Gasteiger partial charge on any atom is -0.508 e. The third kappa shape index (κ3) is 4.56. The Bertz CT molecular complexity index is 672. The molecule has 1 atom stereocenters. The summed E-state index contributed by atoms with van der Waals surface area (Å²) in [6.07, 6.45) is 3.50. The van der Waals surface area contributed by atoms with Crippen LogP contribution in [0.3, 0.4) is 0 Å². The molecule has 0 aromatic heterocycles. The van der Waals surface area contributed by atoms with Gasteiger partial charge in [0.05, 0.1) is 6.42 Å². The molecule has 1 aromatic rings. The number of allylic oxidation sites excluding steroid dienone is 4. The molecule has 0 fully saturated rings. The van der Waals surface area contributed by atoms with Crippen LogP contribution in [-0.2, 0) is 9.36 Å². The van der Waals surface area contributed by atoms with E-state index in [2.05, 4.69) is 5.09 Å². The zero-order valence-electron chi connectivity index (χ0n) is 12.1. The molecule has 1 aromatic carbocycles. The lowest BCUT2D eigenvalue weighted by atomic mass is 9.90. The van der Waals surface area contributed by atoms with Crippen LogP contribution in [0.4, 0.5) is 0 Å².